The van der Waals surface area contributed by atoms with E-state index in [1.54, 1.807) is 7.11 Å². The van der Waals surface area contributed by atoms with Gasteiger partial charge in [-0.2, -0.15) is 0 Å². The van der Waals surface area contributed by atoms with Gasteiger partial charge in [-0.1, -0.05) is 12.2 Å². The molecule has 1 fully saturated rings. The molecule has 2 N–H and O–H groups in total. The molecule has 0 aliphatic heterocycles. The second-order valence-corrected chi connectivity index (χ2v) is 5.47. The third kappa shape index (κ3) is 3.43. The number of nitrogens with two attached hydrogens (primary N) is 1. The second-order valence-electron chi connectivity index (χ2n) is 5.03. The van der Waals surface area contributed by atoms with Gasteiger partial charge in [-0.05, 0) is 44.0 Å². The van der Waals surface area contributed by atoms with Crippen molar-refractivity contribution in [1.29, 1.82) is 0 Å². The van der Waals surface area contributed by atoms with E-state index >= 15 is 0 Å². The van der Waals surface area contributed by atoms with Crippen molar-refractivity contribution in [2.75, 3.05) is 20.7 Å². The Balaban J connectivity index is 2.12. The number of hydrogen-bond acceptors (Lipinski definition) is 3. The molecule has 0 atom stereocenters. The fourth-order valence-electron chi connectivity index (χ4n) is 2.15. The van der Waals surface area contributed by atoms with E-state index < -0.39 is 0 Å². The molecule has 3 nitrogen and oxygen atoms in total. The first-order valence-corrected chi connectivity index (χ1v) is 6.66. The minimum atomic E-state index is 0.434. The van der Waals surface area contributed by atoms with Gasteiger partial charge in [0.2, 0.25) is 0 Å². The molecular weight excluding hydrogens is 244 g/mol. The summed E-state index contributed by atoms with van der Waals surface area (Å²) < 4.78 is 5.39. The Hall–Kier alpha value is -1.13. The van der Waals surface area contributed by atoms with Crippen LogP contribution < -0.4 is 10.5 Å². The molecule has 0 aromatic heterocycles. The molecule has 1 aliphatic carbocycles. The lowest BCUT2D eigenvalue weighted by Crippen LogP contribution is -2.21. The first-order chi connectivity index (χ1) is 8.60. The van der Waals surface area contributed by atoms with Gasteiger partial charge in [0.25, 0.3) is 0 Å². The normalized spacial score (nSPS) is 14.8. The summed E-state index contributed by atoms with van der Waals surface area (Å²) in [6, 6.07) is 5.88. The van der Waals surface area contributed by atoms with Crippen molar-refractivity contribution in [3.05, 3.63) is 29.3 Å². The van der Waals surface area contributed by atoms with Gasteiger partial charge in [-0.3, -0.25) is 0 Å². The maximum Gasteiger partial charge on any atom is 0.123 e. The Kier molecular flexibility index (Phi) is 4.19. The molecule has 4 heteroatoms. The van der Waals surface area contributed by atoms with Crippen LogP contribution in [0, 0.1) is 5.92 Å². The van der Waals surface area contributed by atoms with E-state index in [0.29, 0.717) is 4.99 Å². The molecule has 0 saturated heterocycles. The van der Waals surface area contributed by atoms with Crippen LogP contribution in [0.3, 0.4) is 0 Å². The second kappa shape index (κ2) is 5.67. The monoisotopic (exact) mass is 264 g/mol. The molecule has 18 heavy (non-hydrogen) atoms. The summed E-state index contributed by atoms with van der Waals surface area (Å²) >= 11 is 5.02. The highest BCUT2D eigenvalue weighted by atomic mass is 32.1. The zero-order valence-corrected chi connectivity index (χ0v) is 11.8. The maximum atomic E-state index is 5.67. The van der Waals surface area contributed by atoms with E-state index in [0.717, 1.165) is 35.9 Å². The molecule has 98 valence electrons. The SMILES string of the molecule is COc1ccc(C(N)=S)cc1CN(C)CC1CC1. The molecule has 0 bridgehead atoms. The molecule has 0 radical (unpaired) electrons. The quantitative estimate of drug-likeness (QED) is 0.799. The van der Waals surface area contributed by atoms with E-state index in [4.69, 9.17) is 22.7 Å². The molecule has 0 unspecified atom stereocenters. The van der Waals surface area contributed by atoms with Gasteiger partial charge in [0.15, 0.2) is 0 Å². The van der Waals surface area contributed by atoms with Crippen LogP contribution in [0.2, 0.25) is 0 Å². The number of ether oxygens (including phenoxy) is 1. The summed E-state index contributed by atoms with van der Waals surface area (Å²) in [4.78, 5) is 2.77. The maximum absolute atomic E-state index is 5.67. The summed E-state index contributed by atoms with van der Waals surface area (Å²) in [6.07, 6.45) is 2.74. The van der Waals surface area contributed by atoms with Crippen LogP contribution in [0.25, 0.3) is 0 Å². The molecule has 2 rings (SSSR count). The summed E-state index contributed by atoms with van der Waals surface area (Å²) in [7, 11) is 3.84. The first-order valence-electron chi connectivity index (χ1n) is 6.25. The number of hydrogen-bond donors (Lipinski definition) is 1. The van der Waals surface area contributed by atoms with Gasteiger partial charge in [-0.25, -0.2) is 0 Å². The van der Waals surface area contributed by atoms with Crippen molar-refractivity contribution < 1.29 is 4.74 Å². The Labute approximate surface area is 114 Å². The third-order valence-corrected chi connectivity index (χ3v) is 3.51. The third-order valence-electron chi connectivity index (χ3n) is 3.27. The van der Waals surface area contributed by atoms with Crippen molar-refractivity contribution in [3.63, 3.8) is 0 Å². The van der Waals surface area contributed by atoms with Crippen molar-refractivity contribution in [2.24, 2.45) is 11.7 Å². The van der Waals surface area contributed by atoms with Crippen molar-refractivity contribution in [1.82, 2.24) is 4.90 Å². The zero-order valence-electron chi connectivity index (χ0n) is 11.0. The molecule has 1 aliphatic rings. The molecular formula is C14H20N2OS. The van der Waals surface area contributed by atoms with Crippen LogP contribution in [-0.4, -0.2) is 30.6 Å². The predicted molar refractivity (Wildman–Crippen MR) is 77.9 cm³/mol. The van der Waals surface area contributed by atoms with E-state index in [1.165, 1.54) is 12.8 Å². The van der Waals surface area contributed by atoms with E-state index in [-0.39, 0.29) is 0 Å². The number of methoxy groups -OCH3 is 1. The number of nitrogens with zero attached hydrogens (tertiary/aromatic N) is 1. The lowest BCUT2D eigenvalue weighted by molar-refractivity contribution is 0.305. The minimum Gasteiger partial charge on any atom is -0.496 e. The average Bonchev–Trinajstić information content (AvgIpc) is 3.12. The van der Waals surface area contributed by atoms with Crippen LogP contribution in [-0.2, 0) is 6.54 Å². The van der Waals surface area contributed by atoms with Crippen LogP contribution in [0.4, 0.5) is 0 Å². The van der Waals surface area contributed by atoms with Crippen molar-refractivity contribution in [2.45, 2.75) is 19.4 Å². The molecule has 1 aromatic carbocycles. The minimum absolute atomic E-state index is 0.434. The predicted octanol–water partition coefficient (Wildman–Crippen LogP) is 2.17. The fourth-order valence-corrected chi connectivity index (χ4v) is 2.28. The lowest BCUT2D eigenvalue weighted by Gasteiger charge is -2.18. The van der Waals surface area contributed by atoms with Crippen molar-refractivity contribution >= 4 is 17.2 Å². The van der Waals surface area contributed by atoms with Gasteiger partial charge >= 0.3 is 0 Å². The molecule has 1 aromatic rings. The highest BCUT2D eigenvalue weighted by molar-refractivity contribution is 7.80. The molecule has 0 amide bonds. The zero-order chi connectivity index (χ0) is 13.1. The molecule has 1 saturated carbocycles. The summed E-state index contributed by atoms with van der Waals surface area (Å²) in [5.41, 5.74) is 7.72. The lowest BCUT2D eigenvalue weighted by atomic mass is 10.1. The Morgan fingerprint density at radius 2 is 2.22 bits per heavy atom. The molecule has 0 spiro atoms. The highest BCUT2D eigenvalue weighted by Gasteiger charge is 2.23. The highest BCUT2D eigenvalue weighted by Crippen LogP contribution is 2.30. The topological polar surface area (TPSA) is 38.5 Å². The fraction of sp³-hybridized carbons (Fsp3) is 0.500. The van der Waals surface area contributed by atoms with E-state index in [2.05, 4.69) is 11.9 Å². The number of thiocarbonyl (C=S) groups is 1. The summed E-state index contributed by atoms with van der Waals surface area (Å²) in [5.74, 6) is 1.79. The average molecular weight is 264 g/mol. The van der Waals surface area contributed by atoms with Gasteiger partial charge in [0, 0.05) is 24.2 Å². The Morgan fingerprint density at radius 1 is 1.50 bits per heavy atom. The van der Waals surface area contributed by atoms with Gasteiger partial charge in [0.05, 0.1) is 7.11 Å². The van der Waals surface area contributed by atoms with Gasteiger partial charge < -0.3 is 15.4 Å². The van der Waals surface area contributed by atoms with Crippen LogP contribution in [0.5, 0.6) is 5.75 Å². The summed E-state index contributed by atoms with van der Waals surface area (Å²) in [5, 5.41) is 0. The van der Waals surface area contributed by atoms with Gasteiger partial charge in [0.1, 0.15) is 10.7 Å². The van der Waals surface area contributed by atoms with Crippen LogP contribution >= 0.6 is 12.2 Å². The van der Waals surface area contributed by atoms with E-state index in [9.17, 15) is 0 Å². The Bertz CT molecular complexity index is 443. The smallest absolute Gasteiger partial charge is 0.123 e. The number of benzene rings is 1. The van der Waals surface area contributed by atoms with Crippen LogP contribution in [0.15, 0.2) is 18.2 Å². The standard InChI is InChI=1S/C14H20N2OS/c1-16(8-10-3-4-10)9-12-7-11(14(15)18)5-6-13(12)17-2/h5-7,10H,3-4,8-9H2,1-2H3,(H2,15,18). The summed E-state index contributed by atoms with van der Waals surface area (Å²) in [6.45, 7) is 2.02. The largest absolute Gasteiger partial charge is 0.496 e. The van der Waals surface area contributed by atoms with Crippen LogP contribution in [0.1, 0.15) is 24.0 Å². The first kappa shape index (κ1) is 13.3. The van der Waals surface area contributed by atoms with Crippen molar-refractivity contribution in [3.8, 4) is 5.75 Å². The van der Waals surface area contributed by atoms with Gasteiger partial charge in [-0.15, -0.1) is 0 Å². The molecule has 0 heterocycles. The Morgan fingerprint density at radius 3 is 2.78 bits per heavy atom. The number of rotatable bonds is 6. The van der Waals surface area contributed by atoms with E-state index in [1.807, 2.05) is 18.2 Å².